The first-order chi connectivity index (χ1) is 16.5. The van der Waals surface area contributed by atoms with E-state index in [1.165, 1.54) is 13.2 Å². The van der Waals surface area contributed by atoms with Gasteiger partial charge in [0.25, 0.3) is 5.91 Å². The minimum Gasteiger partial charge on any atom is -0.482 e. The number of urea groups is 1. The Labute approximate surface area is 192 Å². The molecule has 0 bridgehead atoms. The molecule has 0 radical (unpaired) electrons. The maximum atomic E-state index is 11.9. The van der Waals surface area contributed by atoms with E-state index in [1.807, 2.05) is 0 Å². The predicted octanol–water partition coefficient (Wildman–Crippen LogP) is 1.17. The maximum absolute atomic E-state index is 11.9. The Bertz CT molecular complexity index is 1310. The van der Waals surface area contributed by atoms with Crippen LogP contribution in [0.5, 0.6) is 5.75 Å². The van der Waals surface area contributed by atoms with Gasteiger partial charge in [0.05, 0.1) is 13.3 Å². The number of fused-ring (bicyclic) bond motifs is 1. The van der Waals surface area contributed by atoms with Gasteiger partial charge in [-0.2, -0.15) is 19.6 Å². The van der Waals surface area contributed by atoms with Crippen molar-refractivity contribution < 1.29 is 23.9 Å². The van der Waals surface area contributed by atoms with E-state index in [0.717, 1.165) is 12.8 Å². The number of esters is 1. The van der Waals surface area contributed by atoms with E-state index in [4.69, 9.17) is 4.74 Å². The molecule has 0 spiro atoms. The quantitative estimate of drug-likeness (QED) is 0.216. The molecular formula is C21H20N8O5. The molecule has 1 aromatic carbocycles. The first kappa shape index (κ1) is 21.2. The number of carbonyl (C=O) groups is 3. The second-order valence-electron chi connectivity index (χ2n) is 7.61. The summed E-state index contributed by atoms with van der Waals surface area (Å²) in [6.45, 7) is -0.183. The lowest BCUT2D eigenvalue weighted by Crippen LogP contribution is -2.22. The van der Waals surface area contributed by atoms with Crippen LogP contribution in [0.2, 0.25) is 0 Å². The zero-order valence-corrected chi connectivity index (χ0v) is 18.0. The summed E-state index contributed by atoms with van der Waals surface area (Å²) < 4.78 is 11.5. The number of nitrogens with one attached hydrogen (secondary N) is 4. The normalized spacial score (nSPS) is 16.3. The molecule has 13 nitrogen and oxygen atoms in total. The van der Waals surface area contributed by atoms with Gasteiger partial charge in [-0.25, -0.2) is 9.59 Å². The molecule has 0 unspecified atom stereocenters. The van der Waals surface area contributed by atoms with Gasteiger partial charge in [0.15, 0.2) is 12.3 Å². The second kappa shape index (κ2) is 8.69. The Morgan fingerprint density at radius 1 is 1.21 bits per heavy atom. The maximum Gasteiger partial charge on any atom is 0.343 e. The van der Waals surface area contributed by atoms with Crippen molar-refractivity contribution in [1.29, 1.82) is 0 Å². The van der Waals surface area contributed by atoms with E-state index in [-0.39, 0.29) is 12.3 Å². The van der Waals surface area contributed by atoms with Crippen molar-refractivity contribution in [3.05, 3.63) is 41.7 Å². The van der Waals surface area contributed by atoms with Crippen LogP contribution in [-0.2, 0) is 14.3 Å². The van der Waals surface area contributed by atoms with Crippen molar-refractivity contribution in [2.45, 2.75) is 18.9 Å². The summed E-state index contributed by atoms with van der Waals surface area (Å²) in [5, 5.41) is 15.4. The van der Waals surface area contributed by atoms with Crippen molar-refractivity contribution in [1.82, 2.24) is 30.2 Å². The molecule has 0 atom stereocenters. The molecule has 2 aromatic heterocycles. The molecule has 4 N–H and O–H groups in total. The molecule has 2 fully saturated rings. The number of hydrogen-bond donors (Lipinski definition) is 4. The largest absolute Gasteiger partial charge is 0.482 e. The van der Waals surface area contributed by atoms with E-state index in [2.05, 4.69) is 41.1 Å². The number of aromatic nitrogens is 4. The Hall–Kier alpha value is -4.68. The van der Waals surface area contributed by atoms with Crippen LogP contribution in [0.4, 0.5) is 22.4 Å². The molecule has 13 heteroatoms. The van der Waals surface area contributed by atoms with E-state index < -0.39 is 17.9 Å². The Balaban J connectivity index is 1.42. The average molecular weight is 464 g/mol. The summed E-state index contributed by atoms with van der Waals surface area (Å²) in [6, 6.07) is 6.63. The lowest BCUT2D eigenvalue weighted by molar-refractivity contribution is -0.142. The highest BCUT2D eigenvalue weighted by molar-refractivity contribution is 6.14. The van der Waals surface area contributed by atoms with Crippen molar-refractivity contribution in [2.75, 3.05) is 24.4 Å². The van der Waals surface area contributed by atoms with Gasteiger partial charge in [-0.1, -0.05) is 0 Å². The van der Waals surface area contributed by atoms with Gasteiger partial charge >= 0.3 is 12.0 Å². The monoisotopic (exact) mass is 464 g/mol. The topological polar surface area (TPSA) is 161 Å². The lowest BCUT2D eigenvalue weighted by Gasteiger charge is -2.11. The number of nitrogens with zero attached hydrogens (tertiary/aromatic N) is 4. The van der Waals surface area contributed by atoms with Gasteiger partial charge in [0, 0.05) is 17.3 Å². The third kappa shape index (κ3) is 4.57. The van der Waals surface area contributed by atoms with Crippen molar-refractivity contribution in [3.63, 3.8) is 0 Å². The van der Waals surface area contributed by atoms with E-state index in [0.29, 0.717) is 40.6 Å². The summed E-state index contributed by atoms with van der Waals surface area (Å²) in [5.41, 5.74) is 1.77. The van der Waals surface area contributed by atoms with Crippen LogP contribution in [0.15, 0.2) is 36.2 Å². The third-order valence-corrected chi connectivity index (χ3v) is 5.02. The number of methoxy groups -OCH3 is 1. The van der Waals surface area contributed by atoms with Gasteiger partial charge in [-0.15, -0.1) is 0 Å². The van der Waals surface area contributed by atoms with Crippen LogP contribution in [0.25, 0.3) is 11.7 Å². The van der Waals surface area contributed by atoms with E-state index in [1.54, 1.807) is 35.0 Å². The smallest absolute Gasteiger partial charge is 0.343 e. The van der Waals surface area contributed by atoms with Crippen LogP contribution in [0.3, 0.4) is 0 Å². The van der Waals surface area contributed by atoms with E-state index in [9.17, 15) is 14.4 Å². The minimum atomic E-state index is -0.584. The van der Waals surface area contributed by atoms with Gasteiger partial charge in [-0.05, 0) is 43.2 Å². The third-order valence-electron chi connectivity index (χ3n) is 5.02. The second-order valence-corrected chi connectivity index (χ2v) is 7.61. The van der Waals surface area contributed by atoms with Gasteiger partial charge in [0.2, 0.25) is 11.9 Å². The zero-order chi connectivity index (χ0) is 23.7. The van der Waals surface area contributed by atoms with E-state index >= 15 is 0 Å². The summed E-state index contributed by atoms with van der Waals surface area (Å²) in [5.74, 6) is 0.310. The van der Waals surface area contributed by atoms with Crippen LogP contribution in [-0.4, -0.2) is 57.2 Å². The molecule has 1 aliphatic heterocycles. The van der Waals surface area contributed by atoms with Crippen LogP contribution in [0, 0.1) is 0 Å². The van der Waals surface area contributed by atoms with Crippen LogP contribution >= 0.6 is 0 Å². The van der Waals surface area contributed by atoms with Crippen LogP contribution < -0.4 is 26.0 Å². The summed E-state index contributed by atoms with van der Waals surface area (Å²) in [7, 11) is 1.29. The van der Waals surface area contributed by atoms with Crippen molar-refractivity contribution >= 4 is 47.2 Å². The van der Waals surface area contributed by atoms with Gasteiger partial charge in [-0.3, -0.25) is 10.1 Å². The fraction of sp³-hybridized carbons (Fsp3) is 0.238. The molecule has 3 aromatic rings. The lowest BCUT2D eigenvalue weighted by atomic mass is 10.2. The highest BCUT2D eigenvalue weighted by atomic mass is 16.6. The molecule has 1 aliphatic carbocycles. The first-order valence-electron chi connectivity index (χ1n) is 10.4. The number of amides is 3. The van der Waals surface area contributed by atoms with Crippen molar-refractivity contribution in [3.8, 4) is 5.75 Å². The summed E-state index contributed by atoms with van der Waals surface area (Å²) in [4.78, 5) is 43.7. The molecule has 5 rings (SSSR count). The zero-order valence-electron chi connectivity index (χ0n) is 18.0. The molecule has 3 amide bonds. The molecule has 1 saturated carbocycles. The first-order valence-corrected chi connectivity index (χ1v) is 10.4. The molecule has 34 heavy (non-hydrogen) atoms. The average Bonchev–Trinajstić information content (AvgIpc) is 3.46. The molecule has 174 valence electrons. The van der Waals surface area contributed by atoms with Crippen molar-refractivity contribution in [2.24, 2.45) is 0 Å². The highest BCUT2D eigenvalue weighted by Crippen LogP contribution is 2.26. The molecule has 3 heterocycles. The Morgan fingerprint density at radius 3 is 2.68 bits per heavy atom. The molecule has 2 aliphatic rings. The molecular weight excluding hydrogens is 444 g/mol. The number of anilines is 3. The number of hydrogen-bond acceptors (Lipinski definition) is 10. The highest BCUT2D eigenvalue weighted by Gasteiger charge is 2.26. The van der Waals surface area contributed by atoms with Crippen LogP contribution in [0.1, 0.15) is 18.4 Å². The Kier molecular flexibility index (Phi) is 5.41. The summed E-state index contributed by atoms with van der Waals surface area (Å²) >= 11 is 0. The van der Waals surface area contributed by atoms with Gasteiger partial charge < -0.3 is 25.4 Å². The number of imide groups is 1. The fourth-order valence-corrected chi connectivity index (χ4v) is 3.16. The summed E-state index contributed by atoms with van der Waals surface area (Å²) in [6.07, 6.45) is 5.12. The SMILES string of the molecule is COC(=O)COc1ccc(Nc2nc(NC3CC3)n3ncc(C=C4NC(=O)NC4=O)c3n2)cc1. The number of benzene rings is 1. The van der Waals surface area contributed by atoms with Gasteiger partial charge in [0.1, 0.15) is 11.4 Å². The molecule has 1 saturated heterocycles. The fourth-order valence-electron chi connectivity index (χ4n) is 3.16. The minimum absolute atomic E-state index is 0.104. The number of carbonyl (C=O) groups excluding carboxylic acids is 3. The Morgan fingerprint density at radius 2 is 2.00 bits per heavy atom. The predicted molar refractivity (Wildman–Crippen MR) is 119 cm³/mol. The standard InChI is InChI=1S/C21H20N8O5/c1-33-16(30)10-34-14-6-4-12(5-7-14)23-19-26-17-11(8-15-18(31)27-21(32)25-15)9-22-29(17)20(28-19)24-13-2-3-13/h4-9,13H,2-3,10H2,1H3,(H2,23,24,26,28)(H2,25,27,31,32). The number of ether oxygens (including phenoxy) is 2. The number of rotatable bonds is 8.